The number of nitriles is 1. The van der Waals surface area contributed by atoms with E-state index in [9.17, 15) is 4.79 Å². The van der Waals surface area contributed by atoms with E-state index in [0.717, 1.165) is 10.2 Å². The third-order valence-corrected chi connectivity index (χ3v) is 2.42. The Kier molecular flexibility index (Phi) is 4.61. The van der Waals surface area contributed by atoms with Gasteiger partial charge in [-0.1, -0.05) is 0 Å². The minimum absolute atomic E-state index is 0.201. The molecule has 0 heterocycles. The summed E-state index contributed by atoms with van der Waals surface area (Å²) in [4.78, 5) is 10.3. The molecule has 5 nitrogen and oxygen atoms in total. The highest BCUT2D eigenvalue weighted by Gasteiger charge is 2.00. The maximum Gasteiger partial charge on any atom is 0.404 e. The third kappa shape index (κ3) is 3.79. The number of nitrogens with zero attached hydrogens (tertiary/aromatic N) is 1. The van der Waals surface area contributed by atoms with E-state index >= 15 is 0 Å². The maximum absolute atomic E-state index is 10.3. The minimum Gasteiger partial charge on any atom is -0.448 e. The summed E-state index contributed by atoms with van der Waals surface area (Å²) in [6, 6.07) is 7.29. The van der Waals surface area contributed by atoms with Crippen LogP contribution in [-0.2, 0) is 4.74 Å². The molecule has 84 valence electrons. The zero-order chi connectivity index (χ0) is 12.0. The summed E-state index contributed by atoms with van der Waals surface area (Å²) in [7, 11) is 0. The van der Waals surface area contributed by atoms with Gasteiger partial charge in [-0.2, -0.15) is 5.26 Å². The van der Waals surface area contributed by atoms with E-state index < -0.39 is 6.09 Å². The Morgan fingerprint density at radius 1 is 1.62 bits per heavy atom. The van der Waals surface area contributed by atoms with Crippen LogP contribution in [0, 0.1) is 11.3 Å². The fourth-order valence-corrected chi connectivity index (χ4v) is 1.53. The van der Waals surface area contributed by atoms with Crippen LogP contribution in [-0.4, -0.2) is 19.2 Å². The number of rotatable bonds is 4. The lowest BCUT2D eigenvalue weighted by Gasteiger charge is -2.07. The minimum atomic E-state index is -0.789. The summed E-state index contributed by atoms with van der Waals surface area (Å²) in [6.45, 7) is 0.661. The van der Waals surface area contributed by atoms with Crippen molar-refractivity contribution in [3.63, 3.8) is 0 Å². The molecule has 0 unspecified atom stereocenters. The molecule has 0 aromatic heterocycles. The lowest BCUT2D eigenvalue weighted by Crippen LogP contribution is -2.18. The first-order chi connectivity index (χ1) is 7.63. The first kappa shape index (κ1) is 12.3. The Balaban J connectivity index is 2.47. The van der Waals surface area contributed by atoms with E-state index in [2.05, 4.69) is 26.0 Å². The molecule has 0 saturated carbocycles. The third-order valence-electron chi connectivity index (χ3n) is 1.77. The predicted octanol–water partition coefficient (Wildman–Crippen LogP) is 1.83. The SMILES string of the molecule is N#Cc1ccc(NCCOC(N)=O)cc1Br. The molecular formula is C10H10BrN3O2. The molecule has 0 atom stereocenters. The van der Waals surface area contributed by atoms with Crippen LogP contribution in [0.2, 0.25) is 0 Å². The van der Waals surface area contributed by atoms with Crippen molar-refractivity contribution in [2.24, 2.45) is 5.73 Å². The number of hydrogen-bond donors (Lipinski definition) is 2. The first-order valence-electron chi connectivity index (χ1n) is 4.49. The van der Waals surface area contributed by atoms with E-state index in [4.69, 9.17) is 11.0 Å². The van der Waals surface area contributed by atoms with E-state index in [0.29, 0.717) is 12.1 Å². The van der Waals surface area contributed by atoms with Crippen LogP contribution >= 0.6 is 15.9 Å². The van der Waals surface area contributed by atoms with Gasteiger partial charge in [0.15, 0.2) is 0 Å². The van der Waals surface area contributed by atoms with Crippen LogP contribution in [0.4, 0.5) is 10.5 Å². The number of carbonyl (C=O) groups excluding carboxylic acids is 1. The molecule has 1 aromatic rings. The fourth-order valence-electron chi connectivity index (χ4n) is 1.06. The Bertz CT molecular complexity index is 429. The van der Waals surface area contributed by atoms with Gasteiger partial charge in [-0.15, -0.1) is 0 Å². The lowest BCUT2D eigenvalue weighted by molar-refractivity contribution is 0.161. The second kappa shape index (κ2) is 5.98. The number of primary amides is 1. The van der Waals surface area contributed by atoms with Gasteiger partial charge in [0.05, 0.1) is 5.56 Å². The fraction of sp³-hybridized carbons (Fsp3) is 0.200. The number of nitrogens with two attached hydrogens (primary N) is 1. The number of hydrogen-bond acceptors (Lipinski definition) is 4. The van der Waals surface area contributed by atoms with Crippen LogP contribution < -0.4 is 11.1 Å². The van der Waals surface area contributed by atoms with Crippen LogP contribution in [0.5, 0.6) is 0 Å². The van der Waals surface area contributed by atoms with E-state index in [1.54, 1.807) is 18.2 Å². The van der Waals surface area contributed by atoms with E-state index in [1.807, 2.05) is 6.07 Å². The molecule has 3 N–H and O–H groups in total. The average Bonchev–Trinajstić information content (AvgIpc) is 2.24. The largest absolute Gasteiger partial charge is 0.448 e. The summed E-state index contributed by atoms with van der Waals surface area (Å²) < 4.78 is 5.27. The molecular weight excluding hydrogens is 274 g/mol. The van der Waals surface area contributed by atoms with Gasteiger partial charge in [0.25, 0.3) is 0 Å². The highest BCUT2D eigenvalue weighted by molar-refractivity contribution is 9.10. The van der Waals surface area contributed by atoms with Crippen molar-refractivity contribution in [1.82, 2.24) is 0 Å². The molecule has 0 aliphatic heterocycles. The van der Waals surface area contributed by atoms with Gasteiger partial charge in [-0.05, 0) is 34.1 Å². The second-order valence-electron chi connectivity index (χ2n) is 2.90. The van der Waals surface area contributed by atoms with Crippen LogP contribution in [0.3, 0.4) is 0 Å². The summed E-state index contributed by atoms with van der Waals surface area (Å²) in [6.07, 6.45) is -0.789. The molecule has 1 aromatic carbocycles. The molecule has 0 bridgehead atoms. The quantitative estimate of drug-likeness (QED) is 0.825. The lowest BCUT2D eigenvalue weighted by atomic mass is 10.2. The van der Waals surface area contributed by atoms with E-state index in [-0.39, 0.29) is 6.61 Å². The second-order valence-corrected chi connectivity index (χ2v) is 3.76. The topological polar surface area (TPSA) is 88.1 Å². The zero-order valence-electron chi connectivity index (χ0n) is 8.37. The first-order valence-corrected chi connectivity index (χ1v) is 5.28. The number of nitrogens with one attached hydrogen (secondary N) is 1. The molecule has 0 saturated heterocycles. The van der Waals surface area contributed by atoms with Gasteiger partial charge in [-0.25, -0.2) is 4.79 Å². The summed E-state index contributed by atoms with van der Waals surface area (Å²) >= 11 is 3.27. The van der Waals surface area contributed by atoms with Crippen molar-refractivity contribution < 1.29 is 9.53 Å². The number of amides is 1. The van der Waals surface area contributed by atoms with Crippen molar-refractivity contribution >= 4 is 27.7 Å². The molecule has 0 aliphatic rings. The number of halogens is 1. The van der Waals surface area contributed by atoms with Gasteiger partial charge in [0, 0.05) is 16.7 Å². The number of ether oxygens (including phenoxy) is 1. The van der Waals surface area contributed by atoms with Gasteiger partial charge in [0.2, 0.25) is 0 Å². The van der Waals surface area contributed by atoms with Crippen molar-refractivity contribution in [3.8, 4) is 6.07 Å². The smallest absolute Gasteiger partial charge is 0.404 e. The highest BCUT2D eigenvalue weighted by atomic mass is 79.9. The molecule has 0 radical (unpaired) electrons. The Labute approximate surface area is 101 Å². The Morgan fingerprint density at radius 2 is 2.38 bits per heavy atom. The molecule has 1 amide bonds. The van der Waals surface area contributed by atoms with Crippen LogP contribution in [0.1, 0.15) is 5.56 Å². The van der Waals surface area contributed by atoms with Crippen molar-refractivity contribution in [2.75, 3.05) is 18.5 Å². The average molecular weight is 284 g/mol. The normalized spacial score (nSPS) is 9.25. The molecule has 0 fully saturated rings. The molecule has 1 rings (SSSR count). The van der Waals surface area contributed by atoms with Gasteiger partial charge in [-0.3, -0.25) is 0 Å². The number of anilines is 1. The monoisotopic (exact) mass is 283 g/mol. The Hall–Kier alpha value is -1.74. The molecule has 0 spiro atoms. The van der Waals surface area contributed by atoms with Crippen molar-refractivity contribution in [1.29, 1.82) is 5.26 Å². The summed E-state index contributed by atoms with van der Waals surface area (Å²) in [5, 5.41) is 11.7. The van der Waals surface area contributed by atoms with Crippen LogP contribution in [0.25, 0.3) is 0 Å². The Morgan fingerprint density at radius 3 is 2.94 bits per heavy atom. The number of carbonyl (C=O) groups is 1. The molecule has 16 heavy (non-hydrogen) atoms. The van der Waals surface area contributed by atoms with E-state index in [1.165, 1.54) is 0 Å². The van der Waals surface area contributed by atoms with Gasteiger partial charge in [0.1, 0.15) is 12.7 Å². The van der Waals surface area contributed by atoms with Crippen molar-refractivity contribution in [2.45, 2.75) is 0 Å². The van der Waals surface area contributed by atoms with Gasteiger partial charge < -0.3 is 15.8 Å². The zero-order valence-corrected chi connectivity index (χ0v) is 9.95. The number of benzene rings is 1. The van der Waals surface area contributed by atoms with Crippen molar-refractivity contribution in [3.05, 3.63) is 28.2 Å². The summed E-state index contributed by atoms with van der Waals surface area (Å²) in [5.74, 6) is 0. The highest BCUT2D eigenvalue weighted by Crippen LogP contribution is 2.20. The molecule has 0 aliphatic carbocycles. The van der Waals surface area contributed by atoms with Crippen LogP contribution in [0.15, 0.2) is 22.7 Å². The molecule has 6 heteroatoms. The predicted molar refractivity (Wildman–Crippen MR) is 62.9 cm³/mol. The maximum atomic E-state index is 10.3. The summed E-state index contributed by atoms with van der Waals surface area (Å²) in [5.41, 5.74) is 6.20. The van der Waals surface area contributed by atoms with Gasteiger partial charge >= 0.3 is 6.09 Å². The standard InChI is InChI=1S/C10H10BrN3O2/c11-9-5-8(2-1-7(9)6-12)14-3-4-16-10(13)15/h1-2,5,14H,3-4H2,(H2,13,15).